The molecule has 0 aliphatic carbocycles. The molecule has 0 aromatic carbocycles. The van der Waals surface area contributed by atoms with E-state index in [1.165, 1.54) is 96.9 Å². The van der Waals surface area contributed by atoms with Crippen molar-refractivity contribution in [3.8, 4) is 0 Å². The number of hydrogen-bond acceptors (Lipinski definition) is 6. The monoisotopic (exact) mass is 486 g/mol. The summed E-state index contributed by atoms with van der Waals surface area (Å²) >= 11 is 0. The molecular formula is C24H54N4O2Si2. The minimum Gasteiger partial charge on any atom is -0.395 e. The van der Waals surface area contributed by atoms with Crippen LogP contribution in [0.1, 0.15) is 52.4 Å². The van der Waals surface area contributed by atoms with E-state index >= 15 is 0 Å². The zero-order chi connectivity index (χ0) is 23.2. The Morgan fingerprint density at radius 2 is 1.12 bits per heavy atom. The van der Waals surface area contributed by atoms with Gasteiger partial charge in [-0.2, -0.15) is 0 Å². The van der Waals surface area contributed by atoms with Crippen molar-refractivity contribution in [2.24, 2.45) is 0 Å². The maximum absolute atomic E-state index is 5.97. The molecule has 0 saturated carbocycles. The van der Waals surface area contributed by atoms with E-state index in [9.17, 15) is 0 Å². The summed E-state index contributed by atoms with van der Waals surface area (Å²) in [5, 5.41) is 0. The molecular weight excluding hydrogens is 432 g/mol. The van der Waals surface area contributed by atoms with Crippen LogP contribution in [0.15, 0.2) is 0 Å². The molecule has 0 unspecified atom stereocenters. The lowest BCUT2D eigenvalue weighted by atomic mass is 10.1. The van der Waals surface area contributed by atoms with Gasteiger partial charge in [-0.1, -0.05) is 44.6 Å². The highest BCUT2D eigenvalue weighted by molar-refractivity contribution is 6.66. The first-order valence-electron chi connectivity index (χ1n) is 13.6. The molecule has 2 aliphatic heterocycles. The van der Waals surface area contributed by atoms with Gasteiger partial charge in [-0.25, -0.2) is 0 Å². The van der Waals surface area contributed by atoms with Crippen LogP contribution in [-0.2, 0) is 8.85 Å². The van der Waals surface area contributed by atoms with Crippen LogP contribution >= 0.6 is 0 Å². The number of hydrogen-bond donors (Lipinski definition) is 0. The van der Waals surface area contributed by atoms with E-state index in [-0.39, 0.29) is 9.52 Å². The lowest BCUT2D eigenvalue weighted by Gasteiger charge is -2.46. The van der Waals surface area contributed by atoms with E-state index < -0.39 is 8.56 Å². The van der Waals surface area contributed by atoms with Crippen molar-refractivity contribution < 1.29 is 8.85 Å². The Bertz CT molecular complexity index is 445. The van der Waals surface area contributed by atoms with E-state index in [0.29, 0.717) is 0 Å². The summed E-state index contributed by atoms with van der Waals surface area (Å²) in [4.78, 5) is 10.7. The number of nitrogens with zero attached hydrogens (tertiary/aromatic N) is 4. The van der Waals surface area contributed by atoms with Gasteiger partial charge in [0.25, 0.3) is 0 Å². The average Bonchev–Trinajstić information content (AvgIpc) is 2.77. The average molecular weight is 487 g/mol. The van der Waals surface area contributed by atoms with Gasteiger partial charge in [0.15, 0.2) is 0 Å². The first-order chi connectivity index (χ1) is 15.5. The highest BCUT2D eigenvalue weighted by atomic mass is 28.4. The summed E-state index contributed by atoms with van der Waals surface area (Å²) < 4.78 is 11.9. The first-order valence-corrected chi connectivity index (χ1v) is 17.9. The van der Waals surface area contributed by atoms with Crippen molar-refractivity contribution >= 4 is 18.1 Å². The maximum Gasteiger partial charge on any atom is 0.334 e. The van der Waals surface area contributed by atoms with Gasteiger partial charge in [0.2, 0.25) is 0 Å². The Labute approximate surface area is 203 Å². The fourth-order valence-electron chi connectivity index (χ4n) is 5.29. The molecule has 0 N–H and O–H groups in total. The second-order valence-corrected chi connectivity index (χ2v) is 15.5. The zero-order valence-corrected chi connectivity index (χ0v) is 24.5. The molecule has 32 heavy (non-hydrogen) atoms. The second kappa shape index (κ2) is 16.0. The van der Waals surface area contributed by atoms with Crippen molar-refractivity contribution in [1.82, 2.24) is 19.6 Å². The predicted octanol–water partition coefficient (Wildman–Crippen LogP) is 2.84. The molecule has 190 valence electrons. The molecule has 0 aromatic heterocycles. The van der Waals surface area contributed by atoms with Gasteiger partial charge in [-0.15, -0.1) is 0 Å². The Kier molecular flexibility index (Phi) is 14.2. The fraction of sp³-hybridized carbons (Fsp3) is 1.00. The third-order valence-corrected chi connectivity index (χ3v) is 12.9. The van der Waals surface area contributed by atoms with Crippen molar-refractivity contribution in [3.63, 3.8) is 0 Å². The molecule has 2 fully saturated rings. The van der Waals surface area contributed by atoms with Gasteiger partial charge < -0.3 is 18.7 Å². The molecule has 0 radical (unpaired) electrons. The summed E-state index contributed by atoms with van der Waals surface area (Å²) in [5.74, 6) is 0.803. The van der Waals surface area contributed by atoms with Crippen LogP contribution in [0.3, 0.4) is 0 Å². The molecule has 0 bridgehead atoms. The van der Waals surface area contributed by atoms with Crippen LogP contribution in [0.5, 0.6) is 0 Å². The minimum absolute atomic E-state index is 0.0854. The van der Waals surface area contributed by atoms with Crippen molar-refractivity contribution in [3.05, 3.63) is 0 Å². The third kappa shape index (κ3) is 10.6. The van der Waals surface area contributed by atoms with Crippen LogP contribution in [0.2, 0.25) is 18.6 Å². The quantitative estimate of drug-likeness (QED) is 0.246. The summed E-state index contributed by atoms with van der Waals surface area (Å²) in [7, 11) is 2.57. The molecule has 0 amide bonds. The molecule has 2 heterocycles. The highest BCUT2D eigenvalue weighted by Crippen LogP contribution is 2.19. The lowest BCUT2D eigenvalue weighted by Crippen LogP contribution is -2.61. The van der Waals surface area contributed by atoms with Gasteiger partial charge in [0.05, 0.1) is 9.52 Å². The third-order valence-electron chi connectivity index (χ3n) is 7.41. The topological polar surface area (TPSA) is 31.4 Å². The Hall–Kier alpha value is 0.194. The molecule has 6 nitrogen and oxygen atoms in total. The Morgan fingerprint density at radius 1 is 0.688 bits per heavy atom. The summed E-state index contributed by atoms with van der Waals surface area (Å²) in [6.45, 7) is 18.0. The summed E-state index contributed by atoms with van der Waals surface area (Å²) in [6.07, 6.45) is 8.28. The minimum atomic E-state index is -1.89. The van der Waals surface area contributed by atoms with Crippen molar-refractivity contribution in [1.29, 1.82) is 0 Å². The number of piperazine rings is 2. The molecule has 0 spiro atoms. The Balaban J connectivity index is 1.61. The summed E-state index contributed by atoms with van der Waals surface area (Å²) in [6, 6.07) is 2.67. The van der Waals surface area contributed by atoms with E-state index in [0.717, 1.165) is 25.0 Å². The van der Waals surface area contributed by atoms with Crippen LogP contribution in [0, 0.1) is 0 Å². The van der Waals surface area contributed by atoms with Crippen molar-refractivity contribution in [2.45, 2.75) is 76.8 Å². The van der Waals surface area contributed by atoms with Crippen LogP contribution in [-0.4, -0.2) is 123 Å². The normalized spacial score (nSPS) is 20.8. The molecule has 2 aliphatic rings. The van der Waals surface area contributed by atoms with Crippen LogP contribution in [0.25, 0.3) is 0 Å². The van der Waals surface area contributed by atoms with Gasteiger partial charge in [0.1, 0.15) is 0 Å². The SMILES string of the molecule is CCO[Si](C)(CCCCCCCC[SiH2]C(N1CCN(C)CC1)N1CCN(C)CC1)OCC. The van der Waals surface area contributed by atoms with Crippen molar-refractivity contribution in [2.75, 3.05) is 79.7 Å². The maximum atomic E-state index is 5.97. The first kappa shape index (κ1) is 28.4. The highest BCUT2D eigenvalue weighted by Gasteiger charge is 2.30. The largest absolute Gasteiger partial charge is 0.395 e. The number of likely N-dealkylation sites (N-methyl/N-ethyl adjacent to an activating group) is 2. The van der Waals surface area contributed by atoms with Gasteiger partial charge in [-0.05, 0) is 40.5 Å². The smallest absolute Gasteiger partial charge is 0.334 e. The zero-order valence-electron chi connectivity index (χ0n) is 22.1. The van der Waals surface area contributed by atoms with Gasteiger partial charge in [0, 0.05) is 71.4 Å². The van der Waals surface area contributed by atoms with Crippen LogP contribution < -0.4 is 0 Å². The number of unbranched alkanes of at least 4 members (excludes halogenated alkanes) is 5. The Morgan fingerprint density at radius 3 is 1.59 bits per heavy atom. The molecule has 2 rings (SSSR count). The van der Waals surface area contributed by atoms with E-state index in [4.69, 9.17) is 8.85 Å². The van der Waals surface area contributed by atoms with Gasteiger partial charge >= 0.3 is 8.56 Å². The molecule has 8 heteroatoms. The van der Waals surface area contributed by atoms with E-state index in [1.54, 1.807) is 0 Å². The molecule has 2 saturated heterocycles. The fourth-order valence-corrected chi connectivity index (χ4v) is 10.2. The predicted molar refractivity (Wildman–Crippen MR) is 143 cm³/mol. The molecule has 0 atom stereocenters. The molecule has 0 aromatic rings. The van der Waals surface area contributed by atoms with E-state index in [2.05, 4.69) is 54.1 Å². The van der Waals surface area contributed by atoms with Gasteiger partial charge in [-0.3, -0.25) is 9.80 Å². The summed E-state index contributed by atoms with van der Waals surface area (Å²) in [5.41, 5.74) is 0. The second-order valence-electron chi connectivity index (χ2n) is 10.2. The standard InChI is InChI=1S/C24H54N4O2Si2/c1-6-29-32(5,30-7-2)23-13-11-9-8-10-12-22-31-24(27-18-14-25(3)15-19-27)28-20-16-26(4)17-21-28/h24H,6-23,31H2,1-5H3. The van der Waals surface area contributed by atoms with E-state index in [1.807, 2.05) is 0 Å². The number of rotatable bonds is 16. The van der Waals surface area contributed by atoms with Crippen LogP contribution in [0.4, 0.5) is 0 Å². The lowest BCUT2D eigenvalue weighted by molar-refractivity contribution is 0.0311.